The number of rotatable bonds is 7. The molecule has 0 atom stereocenters. The Morgan fingerprint density at radius 2 is 1.73 bits per heavy atom. The van der Waals surface area contributed by atoms with E-state index in [1.807, 2.05) is 24.3 Å². The first-order valence-corrected chi connectivity index (χ1v) is 12.2. The number of carbonyl (C=O) groups is 1. The van der Waals surface area contributed by atoms with Gasteiger partial charge in [-0.15, -0.1) is 10.2 Å². The summed E-state index contributed by atoms with van der Waals surface area (Å²) in [6.45, 7) is 4.17. The quantitative estimate of drug-likeness (QED) is 0.362. The maximum atomic E-state index is 12.2. The molecular weight excluding hydrogens is 428 g/mol. The zero-order valence-corrected chi connectivity index (χ0v) is 19.6. The van der Waals surface area contributed by atoms with Gasteiger partial charge in [0, 0.05) is 28.6 Å². The Bertz CT molecular complexity index is 1270. The molecule has 5 rings (SSSR count). The van der Waals surface area contributed by atoms with E-state index in [9.17, 15) is 4.79 Å². The Balaban J connectivity index is 1.39. The molecule has 1 heterocycles. The summed E-state index contributed by atoms with van der Waals surface area (Å²) in [5, 5.41) is 13.0. The minimum atomic E-state index is 0.0126. The Hall–Kier alpha value is -3.38. The van der Waals surface area contributed by atoms with Gasteiger partial charge in [0.05, 0.1) is 0 Å². The van der Waals surface area contributed by atoms with Crippen molar-refractivity contribution in [1.29, 1.82) is 0 Å². The van der Waals surface area contributed by atoms with E-state index >= 15 is 0 Å². The van der Waals surface area contributed by atoms with Crippen molar-refractivity contribution in [2.24, 2.45) is 0 Å². The average molecular weight is 455 g/mol. The second-order valence-corrected chi connectivity index (χ2v) is 9.52. The van der Waals surface area contributed by atoms with Gasteiger partial charge in [0.25, 0.3) is 5.91 Å². The van der Waals surface area contributed by atoms with Crippen LogP contribution in [0.2, 0.25) is 0 Å². The van der Waals surface area contributed by atoms with Crippen LogP contribution < -0.4 is 5.32 Å². The predicted molar refractivity (Wildman–Crippen MR) is 133 cm³/mol. The molecule has 5 nitrogen and oxygen atoms in total. The lowest BCUT2D eigenvalue weighted by Crippen LogP contribution is -2.25. The van der Waals surface area contributed by atoms with Gasteiger partial charge in [-0.3, -0.25) is 9.36 Å². The fourth-order valence-electron chi connectivity index (χ4n) is 3.65. The lowest BCUT2D eigenvalue weighted by molar-refractivity contribution is 0.0951. The number of nitrogens with one attached hydrogen (secondary N) is 1. The van der Waals surface area contributed by atoms with Gasteiger partial charge in [-0.05, 0) is 62.1 Å². The highest BCUT2D eigenvalue weighted by Crippen LogP contribution is 2.30. The van der Waals surface area contributed by atoms with E-state index in [2.05, 4.69) is 82.5 Å². The maximum Gasteiger partial charge on any atom is 0.251 e. The van der Waals surface area contributed by atoms with Crippen LogP contribution in [0.15, 0.2) is 78.0 Å². The van der Waals surface area contributed by atoms with Gasteiger partial charge >= 0.3 is 0 Å². The molecule has 0 unspecified atom stereocenters. The van der Waals surface area contributed by atoms with Crippen LogP contribution in [-0.2, 0) is 5.75 Å². The highest BCUT2D eigenvalue weighted by Gasteiger charge is 2.23. The van der Waals surface area contributed by atoms with Crippen LogP contribution in [0.25, 0.3) is 17.1 Å². The summed E-state index contributed by atoms with van der Waals surface area (Å²) in [4.78, 5) is 12.2. The Labute approximate surface area is 198 Å². The molecule has 33 heavy (non-hydrogen) atoms. The first-order valence-electron chi connectivity index (χ1n) is 11.2. The summed E-state index contributed by atoms with van der Waals surface area (Å²) in [5.74, 6) is 1.58. The van der Waals surface area contributed by atoms with Crippen LogP contribution in [0, 0.1) is 13.8 Å². The highest BCUT2D eigenvalue weighted by molar-refractivity contribution is 7.98. The van der Waals surface area contributed by atoms with E-state index in [4.69, 9.17) is 0 Å². The van der Waals surface area contributed by atoms with E-state index in [0.29, 0.717) is 11.6 Å². The third kappa shape index (κ3) is 5.01. The predicted octanol–water partition coefficient (Wildman–Crippen LogP) is 5.74. The fourth-order valence-corrected chi connectivity index (χ4v) is 4.56. The lowest BCUT2D eigenvalue weighted by atomic mass is 10.1. The molecule has 1 aliphatic rings. The number of hydrogen-bond donors (Lipinski definition) is 1. The van der Waals surface area contributed by atoms with Gasteiger partial charge in [-0.2, -0.15) is 0 Å². The van der Waals surface area contributed by atoms with Crippen LogP contribution in [0.5, 0.6) is 0 Å². The molecule has 1 saturated carbocycles. The van der Waals surface area contributed by atoms with Crippen molar-refractivity contribution in [3.05, 3.63) is 95.1 Å². The Kier molecular flexibility index (Phi) is 6.01. The largest absolute Gasteiger partial charge is 0.349 e. The molecule has 0 bridgehead atoms. The number of benzene rings is 3. The van der Waals surface area contributed by atoms with E-state index in [0.717, 1.165) is 46.4 Å². The minimum absolute atomic E-state index is 0.0126. The van der Waals surface area contributed by atoms with Crippen LogP contribution in [0.3, 0.4) is 0 Å². The van der Waals surface area contributed by atoms with E-state index < -0.39 is 0 Å². The summed E-state index contributed by atoms with van der Waals surface area (Å²) in [7, 11) is 0. The van der Waals surface area contributed by atoms with Gasteiger partial charge in [0.15, 0.2) is 11.0 Å². The summed E-state index contributed by atoms with van der Waals surface area (Å²) >= 11 is 1.64. The molecule has 6 heteroatoms. The third-order valence-electron chi connectivity index (χ3n) is 5.70. The van der Waals surface area contributed by atoms with Gasteiger partial charge in [0.2, 0.25) is 0 Å². The van der Waals surface area contributed by atoms with Crippen LogP contribution in [0.4, 0.5) is 0 Å². The maximum absolute atomic E-state index is 12.2. The number of amides is 1. The van der Waals surface area contributed by atoms with E-state index in [1.54, 1.807) is 11.8 Å². The van der Waals surface area contributed by atoms with Crippen molar-refractivity contribution in [1.82, 2.24) is 20.1 Å². The third-order valence-corrected chi connectivity index (χ3v) is 6.70. The zero-order valence-electron chi connectivity index (χ0n) is 18.8. The topological polar surface area (TPSA) is 59.8 Å². The zero-order chi connectivity index (χ0) is 22.8. The van der Waals surface area contributed by atoms with Gasteiger partial charge < -0.3 is 5.32 Å². The van der Waals surface area contributed by atoms with Crippen molar-refractivity contribution in [3.63, 3.8) is 0 Å². The Morgan fingerprint density at radius 3 is 2.42 bits per heavy atom. The molecule has 0 aliphatic heterocycles. The van der Waals surface area contributed by atoms with Crippen LogP contribution in [0.1, 0.15) is 39.9 Å². The van der Waals surface area contributed by atoms with Gasteiger partial charge in [0.1, 0.15) is 0 Å². The second-order valence-electron chi connectivity index (χ2n) is 8.58. The standard InChI is InChI=1S/C27H26N4OS/c1-18-6-10-21(11-7-18)25-29-30-27(31(25)24-5-3-4-19(2)16-24)33-17-20-8-12-22(13-9-20)26(32)28-23-14-15-23/h3-13,16,23H,14-15,17H2,1-2H3,(H,28,32). The summed E-state index contributed by atoms with van der Waals surface area (Å²) < 4.78 is 2.12. The number of carbonyl (C=O) groups excluding carboxylic acids is 1. The molecule has 0 saturated heterocycles. The van der Waals surface area contributed by atoms with Crippen molar-refractivity contribution < 1.29 is 4.79 Å². The van der Waals surface area contributed by atoms with Crippen molar-refractivity contribution in [2.75, 3.05) is 0 Å². The number of aryl methyl sites for hydroxylation is 2. The summed E-state index contributed by atoms with van der Waals surface area (Å²) in [5.41, 5.74) is 6.33. The lowest BCUT2D eigenvalue weighted by Gasteiger charge is -2.11. The Morgan fingerprint density at radius 1 is 0.970 bits per heavy atom. The number of hydrogen-bond acceptors (Lipinski definition) is 4. The van der Waals surface area contributed by atoms with Crippen LogP contribution in [-0.4, -0.2) is 26.7 Å². The first-order chi connectivity index (χ1) is 16.1. The molecule has 1 aliphatic carbocycles. The number of aromatic nitrogens is 3. The minimum Gasteiger partial charge on any atom is -0.349 e. The number of nitrogens with zero attached hydrogens (tertiary/aromatic N) is 3. The molecular formula is C27H26N4OS. The van der Waals surface area contributed by atoms with E-state index in [-0.39, 0.29) is 5.91 Å². The fraction of sp³-hybridized carbons (Fsp3) is 0.222. The van der Waals surface area contributed by atoms with Gasteiger partial charge in [-0.25, -0.2) is 0 Å². The van der Waals surface area contributed by atoms with Gasteiger partial charge in [-0.1, -0.05) is 65.9 Å². The molecule has 1 amide bonds. The molecule has 1 aromatic heterocycles. The average Bonchev–Trinajstić information content (AvgIpc) is 3.54. The summed E-state index contributed by atoms with van der Waals surface area (Å²) in [6, 6.07) is 25.0. The number of thioether (sulfide) groups is 1. The van der Waals surface area contributed by atoms with Crippen molar-refractivity contribution in [2.45, 2.75) is 43.6 Å². The molecule has 4 aromatic rings. The molecule has 1 fully saturated rings. The molecule has 166 valence electrons. The smallest absolute Gasteiger partial charge is 0.251 e. The van der Waals surface area contributed by atoms with Crippen LogP contribution >= 0.6 is 11.8 Å². The van der Waals surface area contributed by atoms with Crippen molar-refractivity contribution >= 4 is 17.7 Å². The molecule has 3 aromatic carbocycles. The normalized spacial score (nSPS) is 13.2. The SMILES string of the molecule is Cc1ccc(-c2nnc(SCc3ccc(C(=O)NC4CC4)cc3)n2-c2cccc(C)c2)cc1. The van der Waals surface area contributed by atoms with Crippen molar-refractivity contribution in [3.8, 4) is 17.1 Å². The van der Waals surface area contributed by atoms with E-state index in [1.165, 1.54) is 11.1 Å². The molecule has 1 N–H and O–H groups in total. The highest BCUT2D eigenvalue weighted by atomic mass is 32.2. The summed E-state index contributed by atoms with van der Waals surface area (Å²) in [6.07, 6.45) is 2.18. The molecule has 0 spiro atoms. The monoisotopic (exact) mass is 454 g/mol. The molecule has 0 radical (unpaired) electrons. The first kappa shape index (κ1) is 21.5. The second kappa shape index (κ2) is 9.24.